The summed E-state index contributed by atoms with van der Waals surface area (Å²) in [6, 6.07) is 0. The van der Waals surface area contributed by atoms with Crippen molar-refractivity contribution >= 4 is 17.4 Å². The summed E-state index contributed by atoms with van der Waals surface area (Å²) in [6.45, 7) is 2.35. The summed E-state index contributed by atoms with van der Waals surface area (Å²) >= 11 is 4.44. The summed E-state index contributed by atoms with van der Waals surface area (Å²) in [4.78, 5) is 3.82. The normalized spacial score (nSPS) is 9.91. The molecular weight excluding hydrogens is 156 g/mol. The zero-order valence-corrected chi connectivity index (χ0v) is 7.82. The Morgan fingerprint density at radius 3 is 2.64 bits per heavy atom. The van der Waals surface area contributed by atoms with Crippen LogP contribution in [0.15, 0.2) is 4.99 Å². The van der Waals surface area contributed by atoms with Crippen molar-refractivity contribution in [2.45, 2.75) is 0 Å². The van der Waals surface area contributed by atoms with Crippen LogP contribution in [0.3, 0.4) is 0 Å². The van der Waals surface area contributed by atoms with Crippen LogP contribution in [-0.4, -0.2) is 43.4 Å². The molecule has 0 aromatic carbocycles. The molecule has 0 aromatic rings. The molecule has 0 saturated heterocycles. The number of quaternary nitrogens is 1. The Kier molecular flexibility index (Phi) is 4.72. The fraction of sp³-hybridized carbons (Fsp3) is 0.625. The highest BCUT2D eigenvalue weighted by Crippen LogP contribution is 1.93. The fourth-order valence-electron chi connectivity index (χ4n) is 0.693. The highest BCUT2D eigenvalue weighted by Gasteiger charge is 2.10. The molecule has 0 heterocycles. The molecule has 0 atom stereocenters. The first-order valence-corrected chi connectivity index (χ1v) is 3.82. The summed E-state index contributed by atoms with van der Waals surface area (Å²) < 4.78 is 0.789. The van der Waals surface area contributed by atoms with Crippen LogP contribution in [0.1, 0.15) is 0 Å². The Balaban J connectivity index is 3.73. The maximum Gasteiger partial charge on any atom is 0.140 e. The average molecular weight is 169 g/mol. The molecule has 11 heavy (non-hydrogen) atoms. The van der Waals surface area contributed by atoms with E-state index in [1.807, 2.05) is 0 Å². The molecule has 0 radical (unpaired) electrons. The molecule has 0 saturated carbocycles. The molecule has 0 rings (SSSR count). The molecular formula is C8H13N2S+. The van der Waals surface area contributed by atoms with E-state index in [0.29, 0.717) is 6.54 Å². The lowest BCUT2D eigenvalue weighted by Gasteiger charge is -2.26. The zero-order chi connectivity index (χ0) is 8.74. The van der Waals surface area contributed by atoms with Gasteiger partial charge in [0.1, 0.15) is 6.54 Å². The number of isothiocyanates is 1. The number of hydrogen-bond acceptors (Lipinski definition) is 2. The molecule has 0 unspecified atom stereocenters. The van der Waals surface area contributed by atoms with Gasteiger partial charge >= 0.3 is 0 Å². The van der Waals surface area contributed by atoms with Gasteiger partial charge in [0.05, 0.1) is 32.3 Å². The number of hydrogen-bond donors (Lipinski definition) is 0. The molecule has 0 amide bonds. The smallest absolute Gasteiger partial charge is 0.140 e. The first kappa shape index (κ1) is 10.3. The van der Waals surface area contributed by atoms with E-state index in [4.69, 9.17) is 6.42 Å². The molecule has 0 N–H and O–H groups in total. The van der Waals surface area contributed by atoms with Gasteiger partial charge in [-0.3, -0.25) is 0 Å². The van der Waals surface area contributed by atoms with Gasteiger partial charge in [-0.1, -0.05) is 0 Å². The van der Waals surface area contributed by atoms with Gasteiger partial charge in [-0.25, -0.2) is 4.99 Å². The predicted molar refractivity (Wildman–Crippen MR) is 50.6 cm³/mol. The van der Waals surface area contributed by atoms with Gasteiger partial charge in [0, 0.05) is 0 Å². The average Bonchev–Trinajstić information content (AvgIpc) is 1.87. The standard InChI is InChI=1S/C8H13N2S/c1-4-6-10(2,3)7-5-9-8-11/h1H,5-7H2,2-3H3/q+1. The van der Waals surface area contributed by atoms with Gasteiger partial charge in [0.15, 0.2) is 0 Å². The van der Waals surface area contributed by atoms with E-state index in [1.165, 1.54) is 0 Å². The topological polar surface area (TPSA) is 12.4 Å². The van der Waals surface area contributed by atoms with Crippen LogP contribution >= 0.6 is 12.2 Å². The van der Waals surface area contributed by atoms with Crippen LogP contribution in [0.5, 0.6) is 0 Å². The molecule has 3 heteroatoms. The van der Waals surface area contributed by atoms with E-state index >= 15 is 0 Å². The van der Waals surface area contributed by atoms with Gasteiger partial charge in [-0.15, -0.1) is 6.42 Å². The van der Waals surface area contributed by atoms with E-state index in [1.54, 1.807) is 0 Å². The van der Waals surface area contributed by atoms with E-state index in [0.717, 1.165) is 17.6 Å². The summed E-state index contributed by atoms with van der Waals surface area (Å²) in [6.07, 6.45) is 5.19. The highest BCUT2D eigenvalue weighted by atomic mass is 32.1. The van der Waals surface area contributed by atoms with Crippen LogP contribution in [0.4, 0.5) is 0 Å². The minimum Gasteiger partial charge on any atom is -0.317 e. The van der Waals surface area contributed by atoms with Crippen LogP contribution in [0.25, 0.3) is 0 Å². The second-order valence-electron chi connectivity index (χ2n) is 2.99. The van der Waals surface area contributed by atoms with E-state index < -0.39 is 0 Å². The van der Waals surface area contributed by atoms with Gasteiger partial charge in [0.25, 0.3) is 0 Å². The molecule has 0 aliphatic rings. The Labute approximate surface area is 73.5 Å². The number of terminal acetylenes is 1. The van der Waals surface area contributed by atoms with Crippen molar-refractivity contribution in [3.63, 3.8) is 0 Å². The van der Waals surface area contributed by atoms with Crippen LogP contribution < -0.4 is 0 Å². The first-order chi connectivity index (χ1) is 5.12. The van der Waals surface area contributed by atoms with Crippen LogP contribution in [0, 0.1) is 12.3 Å². The summed E-state index contributed by atoms with van der Waals surface area (Å²) in [5.41, 5.74) is 0. The van der Waals surface area contributed by atoms with Gasteiger partial charge in [0.2, 0.25) is 0 Å². The van der Waals surface area contributed by atoms with Gasteiger partial charge in [-0.2, -0.15) is 0 Å². The lowest BCUT2D eigenvalue weighted by atomic mass is 10.4. The molecule has 60 valence electrons. The minimum absolute atomic E-state index is 0.707. The van der Waals surface area contributed by atoms with Crippen molar-refractivity contribution < 1.29 is 4.48 Å². The third-order valence-corrected chi connectivity index (χ3v) is 1.53. The monoisotopic (exact) mass is 169 g/mol. The molecule has 2 nitrogen and oxygen atoms in total. The quantitative estimate of drug-likeness (QED) is 0.262. The lowest BCUT2D eigenvalue weighted by molar-refractivity contribution is -0.881. The van der Waals surface area contributed by atoms with E-state index in [2.05, 4.69) is 42.4 Å². The molecule has 0 aliphatic heterocycles. The first-order valence-electron chi connectivity index (χ1n) is 3.41. The summed E-state index contributed by atoms with van der Waals surface area (Å²) in [5, 5.41) is 2.33. The Hall–Kier alpha value is -0.680. The molecule has 0 bridgehead atoms. The Morgan fingerprint density at radius 1 is 1.55 bits per heavy atom. The van der Waals surface area contributed by atoms with Crippen molar-refractivity contribution in [1.82, 2.24) is 0 Å². The van der Waals surface area contributed by atoms with E-state index in [9.17, 15) is 0 Å². The highest BCUT2D eigenvalue weighted by molar-refractivity contribution is 7.78. The largest absolute Gasteiger partial charge is 0.317 e. The molecule has 0 aromatic heterocycles. The third-order valence-electron chi connectivity index (χ3n) is 1.40. The summed E-state index contributed by atoms with van der Waals surface area (Å²) in [7, 11) is 4.14. The Morgan fingerprint density at radius 2 is 2.18 bits per heavy atom. The zero-order valence-electron chi connectivity index (χ0n) is 7.00. The minimum atomic E-state index is 0.707. The van der Waals surface area contributed by atoms with Crippen molar-refractivity contribution in [1.29, 1.82) is 0 Å². The SMILES string of the molecule is C#CC[N+](C)(C)CCN=C=S. The molecule has 0 spiro atoms. The second-order valence-corrected chi connectivity index (χ2v) is 3.18. The lowest BCUT2D eigenvalue weighted by Crippen LogP contribution is -2.41. The van der Waals surface area contributed by atoms with Crippen LogP contribution in [0.2, 0.25) is 0 Å². The van der Waals surface area contributed by atoms with Crippen molar-refractivity contribution in [2.75, 3.05) is 33.7 Å². The van der Waals surface area contributed by atoms with Crippen molar-refractivity contribution in [2.24, 2.45) is 4.99 Å². The maximum atomic E-state index is 5.19. The summed E-state index contributed by atoms with van der Waals surface area (Å²) in [5.74, 6) is 2.62. The fourth-order valence-corrected chi connectivity index (χ4v) is 0.784. The second kappa shape index (κ2) is 5.03. The van der Waals surface area contributed by atoms with Crippen LogP contribution in [-0.2, 0) is 0 Å². The van der Waals surface area contributed by atoms with E-state index in [-0.39, 0.29) is 0 Å². The predicted octanol–water partition coefficient (Wildman–Crippen LogP) is 0.799. The number of rotatable bonds is 4. The molecule has 0 aliphatic carbocycles. The Bertz CT molecular complexity index is 197. The molecule has 0 fully saturated rings. The number of thiocarbonyl (C=S) groups is 1. The van der Waals surface area contributed by atoms with Gasteiger partial charge in [-0.05, 0) is 18.1 Å². The third kappa shape index (κ3) is 5.75. The van der Waals surface area contributed by atoms with Gasteiger partial charge < -0.3 is 4.48 Å². The number of nitrogens with zero attached hydrogens (tertiary/aromatic N) is 2. The van der Waals surface area contributed by atoms with Crippen molar-refractivity contribution in [3.8, 4) is 12.3 Å². The number of likely N-dealkylation sites (N-methyl/N-ethyl adjacent to an activating group) is 1. The number of aliphatic imine (C=N–C) groups is 1. The maximum absolute atomic E-state index is 5.19. The van der Waals surface area contributed by atoms with Crippen molar-refractivity contribution in [3.05, 3.63) is 0 Å².